The summed E-state index contributed by atoms with van der Waals surface area (Å²) in [6.45, 7) is 48.0. The summed E-state index contributed by atoms with van der Waals surface area (Å²) >= 11 is 1.71. The molecule has 0 spiro atoms. The lowest BCUT2D eigenvalue weighted by Crippen LogP contribution is -1.77. The van der Waals surface area contributed by atoms with Crippen LogP contribution in [0.2, 0.25) is 0 Å². The van der Waals surface area contributed by atoms with Gasteiger partial charge in [0, 0.05) is 24.8 Å². The number of benzene rings is 1. The van der Waals surface area contributed by atoms with Crippen molar-refractivity contribution >= 4 is 11.3 Å². The van der Waals surface area contributed by atoms with E-state index in [4.69, 9.17) is 0 Å². The van der Waals surface area contributed by atoms with Crippen LogP contribution in [-0.4, -0.2) is 19.9 Å². The molecular weight excluding hydrogens is 729 g/mol. The van der Waals surface area contributed by atoms with Crippen LogP contribution >= 0.6 is 11.3 Å². The second-order valence-electron chi connectivity index (χ2n) is 6.31. The Kier molecular flexibility index (Phi) is 236. The minimum absolute atomic E-state index is 1.32. The number of aromatic nitrogens is 4. The summed E-state index contributed by atoms with van der Waals surface area (Å²) in [6.07, 6.45) is 22.8. The molecule has 0 bridgehead atoms. The Bertz CT molecular complexity index is 731. The molecule has 1 aliphatic rings. The van der Waals surface area contributed by atoms with Crippen molar-refractivity contribution in [2.45, 2.75) is 192 Å². The van der Waals surface area contributed by atoms with Gasteiger partial charge in [-0.1, -0.05) is 233 Å². The molecule has 0 radical (unpaired) electrons. The van der Waals surface area contributed by atoms with Gasteiger partial charge in [-0.15, -0.1) is 0 Å². The first-order chi connectivity index (χ1) is 29.0. The van der Waals surface area contributed by atoms with E-state index in [0.29, 0.717) is 0 Å². The molecule has 1 aromatic carbocycles. The Morgan fingerprint density at radius 2 is 0.638 bits per heavy atom. The number of hydrogen-bond donors (Lipinski definition) is 0. The third-order valence-corrected chi connectivity index (χ3v) is 4.27. The van der Waals surface area contributed by atoms with Crippen molar-refractivity contribution in [3.05, 3.63) is 146 Å². The molecule has 0 aliphatic heterocycles. The smallest absolute Gasteiger partial charge is 0.180 e. The van der Waals surface area contributed by atoms with Crippen LogP contribution in [0.5, 0.6) is 0 Å². The molecular formula is C52H104N4OS. The molecule has 1 aliphatic carbocycles. The highest BCUT2D eigenvalue weighted by molar-refractivity contribution is 7.07. The number of allylic oxidation sites excluding steroid dienone is 2. The molecule has 5 aromatic rings. The van der Waals surface area contributed by atoms with E-state index in [1.54, 1.807) is 48.4 Å². The maximum atomic E-state index is 4.47. The van der Waals surface area contributed by atoms with Gasteiger partial charge in [-0.3, -0.25) is 4.98 Å². The van der Waals surface area contributed by atoms with Crippen LogP contribution < -0.4 is 0 Å². The molecule has 0 N–H and O–H groups in total. The van der Waals surface area contributed by atoms with Crippen LogP contribution in [0.3, 0.4) is 0 Å². The molecule has 0 amide bonds. The van der Waals surface area contributed by atoms with Crippen LogP contribution in [0, 0.1) is 0 Å². The Labute approximate surface area is 371 Å². The fourth-order valence-corrected chi connectivity index (χ4v) is 2.57. The lowest BCUT2D eigenvalue weighted by molar-refractivity contribution is 0.558. The number of nitrogens with zero attached hydrogens (tertiary/aromatic N) is 4. The molecule has 6 heteroatoms. The predicted molar refractivity (Wildman–Crippen MR) is 277 cm³/mol. The summed E-state index contributed by atoms with van der Waals surface area (Å²) in [7, 11) is 0. The maximum Gasteiger partial charge on any atom is 0.180 e. The Balaban J connectivity index is -0.0000000398. The summed E-state index contributed by atoms with van der Waals surface area (Å²) in [5.74, 6) is 0. The highest BCUT2D eigenvalue weighted by Crippen LogP contribution is 2.07. The van der Waals surface area contributed by atoms with Crippen molar-refractivity contribution in [1.82, 2.24) is 19.9 Å². The molecule has 0 saturated heterocycles. The van der Waals surface area contributed by atoms with Crippen molar-refractivity contribution in [3.8, 4) is 0 Å². The van der Waals surface area contributed by atoms with Crippen LogP contribution in [0.15, 0.2) is 150 Å². The van der Waals surface area contributed by atoms with Crippen LogP contribution in [0.1, 0.15) is 192 Å². The van der Waals surface area contributed by atoms with Gasteiger partial charge in [0.05, 0.1) is 6.20 Å². The molecule has 6 rings (SSSR count). The summed E-state index contributed by atoms with van der Waals surface area (Å²) in [5.41, 5.74) is 0. The van der Waals surface area contributed by atoms with E-state index in [9.17, 15) is 0 Å². The first kappa shape index (κ1) is 86.1. The molecule has 0 fully saturated rings. The van der Waals surface area contributed by atoms with E-state index in [1.165, 1.54) is 44.7 Å². The van der Waals surface area contributed by atoms with Crippen LogP contribution in [-0.2, 0) is 0 Å². The average molecular weight is 833 g/mol. The zero-order chi connectivity index (χ0) is 48.0. The summed E-state index contributed by atoms with van der Waals surface area (Å²) in [4.78, 5) is 14.7. The van der Waals surface area contributed by atoms with Crippen LogP contribution in [0.25, 0.3) is 0 Å². The quantitative estimate of drug-likeness (QED) is 0.145. The van der Waals surface area contributed by atoms with Crippen molar-refractivity contribution in [3.63, 3.8) is 0 Å². The first-order valence-corrected chi connectivity index (χ1v) is 23.9. The second-order valence-corrected chi connectivity index (χ2v) is 7.12. The molecule has 0 saturated carbocycles. The van der Waals surface area contributed by atoms with Gasteiger partial charge < -0.3 is 4.42 Å². The maximum absolute atomic E-state index is 4.47. The predicted octanol–water partition coefficient (Wildman–Crippen LogP) is 20.1. The summed E-state index contributed by atoms with van der Waals surface area (Å²) in [5, 5.41) is 4.08. The van der Waals surface area contributed by atoms with Gasteiger partial charge in [0.15, 0.2) is 6.39 Å². The lowest BCUT2D eigenvalue weighted by atomic mass is 10.1. The molecule has 5 nitrogen and oxygen atoms in total. The Morgan fingerprint density at radius 1 is 0.328 bits per heavy atom. The van der Waals surface area contributed by atoms with Gasteiger partial charge in [0.25, 0.3) is 0 Å². The largest absolute Gasteiger partial charge is 0.452 e. The fraction of sp³-hybridized carbons (Fsp3) is 0.538. The topological polar surface area (TPSA) is 64.7 Å². The van der Waals surface area contributed by atoms with Gasteiger partial charge in [-0.05, 0) is 54.6 Å². The fourth-order valence-electron chi connectivity index (χ4n) is 2.11. The summed E-state index contributed by atoms with van der Waals surface area (Å²) in [6, 6.07) is 23.5. The van der Waals surface area contributed by atoms with E-state index in [0.717, 1.165) is 0 Å². The lowest BCUT2D eigenvalue weighted by Gasteiger charge is -1.97. The van der Waals surface area contributed by atoms with Crippen LogP contribution in [0.4, 0.5) is 0 Å². The van der Waals surface area contributed by atoms with Crippen molar-refractivity contribution < 1.29 is 4.42 Å². The second kappa shape index (κ2) is 159. The van der Waals surface area contributed by atoms with Gasteiger partial charge >= 0.3 is 0 Å². The molecule has 4 aromatic heterocycles. The zero-order valence-electron chi connectivity index (χ0n) is 43.3. The first-order valence-electron chi connectivity index (χ1n) is 23.0. The highest BCUT2D eigenvalue weighted by atomic mass is 32.1. The Morgan fingerprint density at radius 3 is 0.741 bits per heavy atom. The normalized spacial score (nSPS) is 7.31. The number of thiophene rings is 1. The van der Waals surface area contributed by atoms with Crippen molar-refractivity contribution in [2.75, 3.05) is 0 Å². The number of hydrogen-bond acceptors (Lipinski definition) is 6. The summed E-state index contributed by atoms with van der Waals surface area (Å²) < 4.78 is 4.47. The standard InChI is InChI=1S/C6H10.C6H6.C5H5N.C4H4N2.C4H4S.C3H3NO.12C2H6/c3*1-2-4-6-5-3-1;1-2-5-4-6-3-1;1-2-4-5-3-1;1-2-5-3-4-1;12*1-2/h1-2H,3-6H2;1-6H;1-5H;1-4H;1-4H;1-3H;12*1-2H3. The van der Waals surface area contributed by atoms with Gasteiger partial charge in [0.1, 0.15) is 12.6 Å². The SMILES string of the molecule is C1=CCCCC1.CC.CC.CC.CC.CC.CC.CC.CC.CC.CC.CC.CC.c1ccccc1.c1ccncc1.c1ccsc1.c1cncnc1.c1cocn1. The molecule has 0 atom stereocenters. The van der Waals surface area contributed by atoms with Crippen molar-refractivity contribution in [1.29, 1.82) is 0 Å². The average Bonchev–Trinajstić information content (AvgIpc) is 4.21. The highest BCUT2D eigenvalue weighted by Gasteiger charge is 1.87. The molecule has 344 valence electrons. The van der Waals surface area contributed by atoms with E-state index in [1.807, 2.05) is 244 Å². The van der Waals surface area contributed by atoms with E-state index >= 15 is 0 Å². The van der Waals surface area contributed by atoms with Gasteiger partial charge in [0.2, 0.25) is 0 Å². The Hall–Kier alpha value is -3.90. The molecule has 4 heterocycles. The number of rotatable bonds is 0. The zero-order valence-corrected chi connectivity index (χ0v) is 44.1. The third-order valence-electron chi connectivity index (χ3n) is 3.64. The number of pyridine rings is 1. The van der Waals surface area contributed by atoms with Crippen molar-refractivity contribution in [2.24, 2.45) is 0 Å². The number of oxazole rings is 1. The van der Waals surface area contributed by atoms with E-state index < -0.39 is 0 Å². The molecule has 0 unspecified atom stereocenters. The third kappa shape index (κ3) is 150. The minimum atomic E-state index is 1.32. The molecule has 58 heavy (non-hydrogen) atoms. The van der Waals surface area contributed by atoms with E-state index in [-0.39, 0.29) is 0 Å². The minimum Gasteiger partial charge on any atom is -0.452 e. The van der Waals surface area contributed by atoms with Gasteiger partial charge in [-0.2, -0.15) is 11.3 Å². The van der Waals surface area contributed by atoms with Gasteiger partial charge in [-0.25, -0.2) is 15.0 Å². The monoisotopic (exact) mass is 833 g/mol. The van der Waals surface area contributed by atoms with E-state index in [2.05, 4.69) is 36.5 Å².